The Balaban J connectivity index is 2.40. The van der Waals surface area contributed by atoms with Crippen LogP contribution in [-0.2, 0) is 39.4 Å². The molecule has 0 saturated heterocycles. The molecule has 188 valence electrons. The lowest BCUT2D eigenvalue weighted by molar-refractivity contribution is -0.144. The summed E-state index contributed by atoms with van der Waals surface area (Å²) in [6.45, 7) is 9.45. The Morgan fingerprint density at radius 3 is 2.44 bits per heavy atom. The Kier molecular flexibility index (Phi) is 10.5. The van der Waals surface area contributed by atoms with E-state index in [1.54, 1.807) is 25.3 Å². The molecule has 0 radical (unpaired) electrons. The molecule has 0 bridgehead atoms. The summed E-state index contributed by atoms with van der Waals surface area (Å²) in [6.07, 6.45) is 2.74. The molecule has 2 atom stereocenters. The lowest BCUT2D eigenvalue weighted by Gasteiger charge is -2.35. The summed E-state index contributed by atoms with van der Waals surface area (Å²) in [4.78, 5) is 29.6. The first-order valence-corrected chi connectivity index (χ1v) is 14.3. The van der Waals surface area contributed by atoms with E-state index in [-0.39, 0.29) is 18.7 Å². The molecule has 34 heavy (non-hydrogen) atoms. The summed E-state index contributed by atoms with van der Waals surface area (Å²) >= 11 is 9.42. The highest BCUT2D eigenvalue weighted by Crippen LogP contribution is 2.31. The molecule has 1 heterocycles. The van der Waals surface area contributed by atoms with Gasteiger partial charge < -0.3 is 9.29 Å². The number of hydrogen-bond acceptors (Lipinski definition) is 7. The van der Waals surface area contributed by atoms with Gasteiger partial charge in [-0.2, -0.15) is 0 Å². The molecule has 11 heteroatoms. The summed E-state index contributed by atoms with van der Waals surface area (Å²) in [5.74, 6) is -0.495. The van der Waals surface area contributed by atoms with E-state index in [4.69, 9.17) is 16.3 Å². The largest absolute Gasteiger partial charge is 0.598 e. The van der Waals surface area contributed by atoms with Crippen LogP contribution >= 0.6 is 39.3 Å². The highest BCUT2D eigenvalue weighted by molar-refractivity contribution is 9.10. The molecular weight excluding hydrogens is 562 g/mol. The standard InChI is InChI=1S/C23H31BrClN3O4S2/c1-7-32-18(29)14-28-20(30)19(24)17(26-21(28)33-6)12-13-23(5,27-34(31)22(2,3)4)15-8-10-16(25)11-9-15/h8-11,27H,7,12-14H2,1-6H3/t23-,34-/m1/s1. The third-order valence-corrected chi connectivity index (χ3v) is 8.61. The second-order valence-corrected chi connectivity index (χ2v) is 12.8. The van der Waals surface area contributed by atoms with Crippen LogP contribution in [0, 0.1) is 0 Å². The van der Waals surface area contributed by atoms with Gasteiger partial charge in [-0.1, -0.05) is 35.5 Å². The molecule has 0 fully saturated rings. The average Bonchev–Trinajstić information content (AvgIpc) is 2.76. The molecule has 2 rings (SSSR count). The number of nitrogens with one attached hydrogen (secondary N) is 1. The molecule has 1 aromatic carbocycles. The van der Waals surface area contributed by atoms with Gasteiger partial charge in [-0.25, -0.2) is 4.98 Å². The van der Waals surface area contributed by atoms with Crippen molar-refractivity contribution in [1.82, 2.24) is 14.3 Å². The Labute approximate surface area is 221 Å². The SMILES string of the molecule is CCOC(=O)Cn1c(SC)nc(CC[C@@](C)(N[S@+]([O-])C(C)(C)C)c2ccc(Cl)cc2)c(Br)c1=O. The van der Waals surface area contributed by atoms with Gasteiger partial charge in [0.2, 0.25) is 0 Å². The number of aromatic nitrogens is 2. The number of aryl methyl sites for hydroxylation is 1. The van der Waals surface area contributed by atoms with Crippen molar-refractivity contribution in [1.29, 1.82) is 0 Å². The van der Waals surface area contributed by atoms with Crippen molar-refractivity contribution >= 4 is 56.6 Å². The van der Waals surface area contributed by atoms with E-state index in [0.29, 0.717) is 33.2 Å². The van der Waals surface area contributed by atoms with Crippen molar-refractivity contribution in [3.05, 3.63) is 55.4 Å². The van der Waals surface area contributed by atoms with Gasteiger partial charge in [0.15, 0.2) is 5.16 Å². The van der Waals surface area contributed by atoms with Gasteiger partial charge in [0, 0.05) is 16.4 Å². The van der Waals surface area contributed by atoms with Crippen LogP contribution in [0.4, 0.5) is 0 Å². The third-order valence-electron chi connectivity index (χ3n) is 5.14. The smallest absolute Gasteiger partial charge is 0.326 e. The number of rotatable bonds is 10. The van der Waals surface area contributed by atoms with E-state index in [1.165, 1.54) is 16.3 Å². The lowest BCUT2D eigenvalue weighted by atomic mass is 9.88. The maximum absolute atomic E-state index is 13.0. The molecule has 0 spiro atoms. The number of carbonyl (C=O) groups excluding carboxylic acids is 1. The molecule has 0 aliphatic rings. The van der Waals surface area contributed by atoms with Crippen LogP contribution in [0.2, 0.25) is 5.02 Å². The fourth-order valence-corrected chi connectivity index (χ4v) is 5.28. The number of thioether (sulfide) groups is 1. The zero-order chi connectivity index (χ0) is 25.7. The maximum atomic E-state index is 13.0. The highest BCUT2D eigenvalue weighted by atomic mass is 79.9. The highest BCUT2D eigenvalue weighted by Gasteiger charge is 2.37. The van der Waals surface area contributed by atoms with Gasteiger partial charge in [-0.3, -0.25) is 14.2 Å². The zero-order valence-electron chi connectivity index (χ0n) is 20.2. The monoisotopic (exact) mass is 591 g/mol. The fourth-order valence-electron chi connectivity index (χ4n) is 3.15. The maximum Gasteiger partial charge on any atom is 0.326 e. The molecular formula is C23H31BrClN3O4S2. The van der Waals surface area contributed by atoms with Crippen molar-refractivity contribution in [3.8, 4) is 0 Å². The number of nitrogens with zero attached hydrogens (tertiary/aromatic N) is 2. The first kappa shape index (κ1) is 29.2. The topological polar surface area (TPSA) is 96.3 Å². The molecule has 0 aliphatic carbocycles. The molecule has 7 nitrogen and oxygen atoms in total. The predicted octanol–water partition coefficient (Wildman–Crippen LogP) is 4.84. The van der Waals surface area contributed by atoms with E-state index in [2.05, 4.69) is 25.6 Å². The molecule has 1 N–H and O–H groups in total. The number of hydrogen-bond donors (Lipinski definition) is 1. The van der Waals surface area contributed by atoms with Gasteiger partial charge >= 0.3 is 5.97 Å². The fraction of sp³-hybridized carbons (Fsp3) is 0.522. The third kappa shape index (κ3) is 7.48. The number of benzene rings is 1. The lowest BCUT2D eigenvalue weighted by Crippen LogP contribution is -2.50. The summed E-state index contributed by atoms with van der Waals surface area (Å²) in [6, 6.07) is 7.41. The van der Waals surface area contributed by atoms with Gasteiger partial charge in [-0.05, 0) is 87.3 Å². The first-order chi connectivity index (χ1) is 15.8. The molecule has 2 aromatic rings. The van der Waals surface area contributed by atoms with E-state index in [1.807, 2.05) is 39.8 Å². The van der Waals surface area contributed by atoms with Crippen molar-refractivity contribution in [3.63, 3.8) is 0 Å². The van der Waals surface area contributed by atoms with Crippen LogP contribution < -0.4 is 10.3 Å². The molecule has 0 saturated carbocycles. The first-order valence-electron chi connectivity index (χ1n) is 10.8. The van der Waals surface area contributed by atoms with E-state index in [9.17, 15) is 14.1 Å². The average molecular weight is 593 g/mol. The Morgan fingerprint density at radius 2 is 1.91 bits per heavy atom. The summed E-state index contributed by atoms with van der Waals surface area (Å²) in [5, 5.41) is 1.04. The Morgan fingerprint density at radius 1 is 1.29 bits per heavy atom. The summed E-state index contributed by atoms with van der Waals surface area (Å²) in [7, 11) is 0. The minimum Gasteiger partial charge on any atom is -0.598 e. The molecule has 1 aromatic heterocycles. The predicted molar refractivity (Wildman–Crippen MR) is 143 cm³/mol. The van der Waals surface area contributed by atoms with Gasteiger partial charge in [0.05, 0.1) is 17.8 Å². The molecule has 0 unspecified atom stereocenters. The number of carbonyl (C=O) groups is 1. The van der Waals surface area contributed by atoms with Crippen molar-refractivity contribution in [2.75, 3.05) is 12.9 Å². The minimum atomic E-state index is -1.34. The zero-order valence-corrected chi connectivity index (χ0v) is 24.2. The number of ether oxygens (including phenoxy) is 1. The van der Waals surface area contributed by atoms with Gasteiger partial charge in [0.1, 0.15) is 15.8 Å². The van der Waals surface area contributed by atoms with Gasteiger partial charge in [-0.15, -0.1) is 4.72 Å². The minimum absolute atomic E-state index is 0.205. The van der Waals surface area contributed by atoms with Crippen molar-refractivity contribution < 1.29 is 14.1 Å². The number of esters is 1. The van der Waals surface area contributed by atoms with Crippen LogP contribution in [0.1, 0.15) is 52.3 Å². The van der Waals surface area contributed by atoms with E-state index < -0.39 is 27.6 Å². The molecule has 0 amide bonds. The van der Waals surface area contributed by atoms with E-state index in [0.717, 1.165) is 5.56 Å². The molecule has 0 aliphatic heterocycles. The quantitative estimate of drug-likeness (QED) is 0.182. The van der Waals surface area contributed by atoms with Crippen LogP contribution in [0.15, 0.2) is 38.7 Å². The Hall–Kier alpha value is -1.04. The normalized spacial score (nSPS) is 14.5. The summed E-state index contributed by atoms with van der Waals surface area (Å²) in [5.41, 5.74) is 0.467. The Bertz CT molecular complexity index is 1060. The van der Waals surface area contributed by atoms with Crippen LogP contribution in [0.3, 0.4) is 0 Å². The van der Waals surface area contributed by atoms with Crippen LogP contribution in [0.25, 0.3) is 0 Å². The van der Waals surface area contributed by atoms with Crippen molar-refractivity contribution in [2.45, 2.75) is 69.4 Å². The second-order valence-electron chi connectivity index (χ2n) is 8.88. The second kappa shape index (κ2) is 12.3. The van der Waals surface area contributed by atoms with Crippen LogP contribution in [0.5, 0.6) is 0 Å². The van der Waals surface area contributed by atoms with Gasteiger partial charge in [0.25, 0.3) is 5.56 Å². The van der Waals surface area contributed by atoms with E-state index >= 15 is 0 Å². The number of halogens is 2. The van der Waals surface area contributed by atoms with Crippen molar-refractivity contribution in [2.24, 2.45) is 0 Å². The van der Waals surface area contributed by atoms with Crippen LogP contribution in [-0.4, -0.2) is 37.7 Å². The summed E-state index contributed by atoms with van der Waals surface area (Å²) < 4.78 is 22.4.